The standard InChI is InChI=1S/C12H14ClN5O3S/c1-22(20,21)12-15-9-2-3-18(5-7(9)11(19)16-12)6-10-8(13)4-14-17-10/h4H,2-3,5-6H2,1H3,(H,14,17)(H,15,16,19). The Hall–Kier alpha value is -1.71. The number of hydrogen-bond acceptors (Lipinski definition) is 6. The van der Waals surface area contributed by atoms with Crippen molar-refractivity contribution in [1.29, 1.82) is 0 Å². The van der Waals surface area contributed by atoms with Gasteiger partial charge in [-0.25, -0.2) is 13.4 Å². The highest BCUT2D eigenvalue weighted by Gasteiger charge is 2.24. The van der Waals surface area contributed by atoms with Gasteiger partial charge in [0.05, 0.1) is 28.2 Å². The van der Waals surface area contributed by atoms with E-state index in [0.717, 1.165) is 11.9 Å². The molecule has 118 valence electrons. The van der Waals surface area contributed by atoms with E-state index in [1.54, 1.807) is 0 Å². The molecule has 22 heavy (non-hydrogen) atoms. The Balaban J connectivity index is 1.88. The van der Waals surface area contributed by atoms with Crippen molar-refractivity contribution in [1.82, 2.24) is 25.1 Å². The maximum absolute atomic E-state index is 12.1. The molecule has 0 aromatic carbocycles. The summed E-state index contributed by atoms with van der Waals surface area (Å²) in [4.78, 5) is 20.6. The lowest BCUT2D eigenvalue weighted by Crippen LogP contribution is -2.36. The number of fused-ring (bicyclic) bond motifs is 1. The first kappa shape index (κ1) is 15.2. The maximum Gasteiger partial charge on any atom is 0.256 e. The van der Waals surface area contributed by atoms with Crippen molar-refractivity contribution >= 4 is 21.4 Å². The Labute approximate surface area is 131 Å². The first-order valence-corrected chi connectivity index (χ1v) is 8.84. The van der Waals surface area contributed by atoms with Crippen molar-refractivity contribution in [3.8, 4) is 0 Å². The van der Waals surface area contributed by atoms with Gasteiger partial charge in [0.25, 0.3) is 5.56 Å². The number of H-pyrrole nitrogens is 2. The van der Waals surface area contributed by atoms with Crippen LogP contribution in [0.4, 0.5) is 0 Å². The van der Waals surface area contributed by atoms with Crippen LogP contribution in [-0.2, 0) is 29.3 Å². The molecule has 0 unspecified atom stereocenters. The van der Waals surface area contributed by atoms with Crippen LogP contribution >= 0.6 is 11.6 Å². The smallest absolute Gasteiger partial charge is 0.256 e. The molecule has 1 aliphatic rings. The summed E-state index contributed by atoms with van der Waals surface area (Å²) in [7, 11) is -3.53. The second kappa shape index (κ2) is 5.49. The normalized spacial score (nSPS) is 15.7. The molecule has 2 aromatic heterocycles. The van der Waals surface area contributed by atoms with Gasteiger partial charge in [0, 0.05) is 32.3 Å². The van der Waals surface area contributed by atoms with Crippen molar-refractivity contribution < 1.29 is 8.42 Å². The van der Waals surface area contributed by atoms with Crippen LogP contribution in [0.25, 0.3) is 0 Å². The summed E-state index contributed by atoms with van der Waals surface area (Å²) in [6.07, 6.45) is 3.06. The van der Waals surface area contributed by atoms with Crippen molar-refractivity contribution in [2.75, 3.05) is 12.8 Å². The fraction of sp³-hybridized carbons (Fsp3) is 0.417. The summed E-state index contributed by atoms with van der Waals surface area (Å²) < 4.78 is 23.0. The third kappa shape index (κ3) is 2.92. The Bertz CT molecular complexity index is 873. The summed E-state index contributed by atoms with van der Waals surface area (Å²) in [6.45, 7) is 1.57. The molecule has 0 saturated heterocycles. The number of aromatic nitrogens is 4. The van der Waals surface area contributed by atoms with E-state index in [4.69, 9.17) is 11.6 Å². The molecule has 0 spiro atoms. The second-order valence-corrected chi connectivity index (χ2v) is 7.56. The molecular weight excluding hydrogens is 330 g/mol. The number of sulfone groups is 1. The Kier molecular flexibility index (Phi) is 3.79. The van der Waals surface area contributed by atoms with Gasteiger partial charge in [0.1, 0.15) is 0 Å². The molecular formula is C12H14ClN5O3S. The van der Waals surface area contributed by atoms with Crippen LogP contribution in [0.3, 0.4) is 0 Å². The summed E-state index contributed by atoms with van der Waals surface area (Å²) in [5, 5.41) is 6.94. The number of hydrogen-bond donors (Lipinski definition) is 2. The maximum atomic E-state index is 12.1. The highest BCUT2D eigenvalue weighted by Crippen LogP contribution is 2.19. The van der Waals surface area contributed by atoms with Gasteiger partial charge < -0.3 is 0 Å². The van der Waals surface area contributed by atoms with Gasteiger partial charge in [-0.05, 0) is 0 Å². The molecule has 0 fully saturated rings. The fourth-order valence-corrected chi connectivity index (χ4v) is 3.11. The molecule has 0 bridgehead atoms. The Morgan fingerprint density at radius 3 is 2.86 bits per heavy atom. The minimum atomic E-state index is -3.53. The van der Waals surface area contributed by atoms with Gasteiger partial charge in [-0.1, -0.05) is 11.6 Å². The van der Waals surface area contributed by atoms with Crippen LogP contribution in [0.1, 0.15) is 17.0 Å². The van der Waals surface area contributed by atoms with E-state index in [9.17, 15) is 13.2 Å². The molecule has 0 amide bonds. The molecule has 2 aromatic rings. The first-order chi connectivity index (χ1) is 10.3. The number of nitrogens with zero attached hydrogens (tertiary/aromatic N) is 3. The minimum Gasteiger partial charge on any atom is -0.297 e. The van der Waals surface area contributed by atoms with Gasteiger partial charge in [0.2, 0.25) is 15.0 Å². The molecule has 0 aliphatic carbocycles. The largest absolute Gasteiger partial charge is 0.297 e. The molecule has 2 N–H and O–H groups in total. The highest BCUT2D eigenvalue weighted by molar-refractivity contribution is 7.90. The van der Waals surface area contributed by atoms with Crippen molar-refractivity contribution in [2.24, 2.45) is 0 Å². The molecule has 10 heteroatoms. The first-order valence-electron chi connectivity index (χ1n) is 6.57. The van der Waals surface area contributed by atoms with Crippen molar-refractivity contribution in [3.05, 3.63) is 38.5 Å². The lowest BCUT2D eigenvalue weighted by molar-refractivity contribution is 0.238. The predicted octanol–water partition coefficient (Wildman–Crippen LogP) is 0.108. The Morgan fingerprint density at radius 1 is 1.45 bits per heavy atom. The zero-order chi connectivity index (χ0) is 15.9. The third-order valence-corrected chi connectivity index (χ3v) is 4.75. The van der Waals surface area contributed by atoms with Crippen LogP contribution in [-0.4, -0.2) is 46.3 Å². The molecule has 8 nitrogen and oxygen atoms in total. The van der Waals surface area contributed by atoms with Gasteiger partial charge in [-0.3, -0.25) is 19.8 Å². The number of nitrogens with one attached hydrogen (secondary N) is 2. The molecule has 3 rings (SSSR count). The van der Waals surface area contributed by atoms with E-state index in [-0.39, 0.29) is 5.16 Å². The SMILES string of the molecule is CS(=O)(=O)c1nc2c(c(=O)[nH]1)CN(Cc1[nH]ncc1Cl)CC2. The lowest BCUT2D eigenvalue weighted by atomic mass is 10.1. The average Bonchev–Trinajstić information content (AvgIpc) is 2.84. The van der Waals surface area contributed by atoms with Gasteiger partial charge in [0.15, 0.2) is 0 Å². The highest BCUT2D eigenvalue weighted by atomic mass is 35.5. The van der Waals surface area contributed by atoms with E-state index in [1.165, 1.54) is 6.20 Å². The summed E-state index contributed by atoms with van der Waals surface area (Å²) in [6, 6.07) is 0. The quantitative estimate of drug-likeness (QED) is 0.765. The second-order valence-electron chi connectivity index (χ2n) is 5.23. The summed E-state index contributed by atoms with van der Waals surface area (Å²) in [5.41, 5.74) is 1.40. The van der Waals surface area contributed by atoms with Gasteiger partial charge in [-0.2, -0.15) is 5.10 Å². The van der Waals surface area contributed by atoms with E-state index in [0.29, 0.717) is 42.3 Å². The number of halogens is 1. The molecule has 3 heterocycles. The van der Waals surface area contributed by atoms with Crippen LogP contribution in [0.15, 0.2) is 16.1 Å². The van der Waals surface area contributed by atoms with Crippen molar-refractivity contribution in [3.63, 3.8) is 0 Å². The van der Waals surface area contributed by atoms with Gasteiger partial charge in [-0.15, -0.1) is 0 Å². The monoisotopic (exact) mass is 343 g/mol. The lowest BCUT2D eigenvalue weighted by Gasteiger charge is -2.27. The van der Waals surface area contributed by atoms with E-state index < -0.39 is 15.4 Å². The number of rotatable bonds is 3. The summed E-state index contributed by atoms with van der Waals surface area (Å²) in [5.74, 6) is 0. The van der Waals surface area contributed by atoms with Crippen LogP contribution in [0, 0.1) is 0 Å². The van der Waals surface area contributed by atoms with E-state index in [2.05, 4.69) is 20.2 Å². The molecule has 0 radical (unpaired) electrons. The van der Waals surface area contributed by atoms with Crippen LogP contribution in [0.2, 0.25) is 5.02 Å². The molecule has 0 saturated carbocycles. The molecule has 0 atom stereocenters. The minimum absolute atomic E-state index is 0.277. The average molecular weight is 344 g/mol. The van der Waals surface area contributed by atoms with E-state index >= 15 is 0 Å². The zero-order valence-electron chi connectivity index (χ0n) is 11.8. The third-order valence-electron chi connectivity index (χ3n) is 3.52. The fourth-order valence-electron chi connectivity index (χ4n) is 2.40. The van der Waals surface area contributed by atoms with Crippen LogP contribution < -0.4 is 5.56 Å². The topological polar surface area (TPSA) is 112 Å². The predicted molar refractivity (Wildman–Crippen MR) is 79.4 cm³/mol. The molecule has 1 aliphatic heterocycles. The van der Waals surface area contributed by atoms with Gasteiger partial charge >= 0.3 is 0 Å². The van der Waals surface area contributed by atoms with Crippen LogP contribution in [0.5, 0.6) is 0 Å². The zero-order valence-corrected chi connectivity index (χ0v) is 13.3. The Morgan fingerprint density at radius 2 is 2.23 bits per heavy atom. The number of aromatic amines is 2. The van der Waals surface area contributed by atoms with Crippen molar-refractivity contribution in [2.45, 2.75) is 24.7 Å². The summed E-state index contributed by atoms with van der Waals surface area (Å²) >= 11 is 5.99. The van der Waals surface area contributed by atoms with E-state index in [1.807, 2.05) is 4.90 Å².